The number of hydrogen-bond acceptors (Lipinski definition) is 4. The van der Waals surface area contributed by atoms with E-state index in [9.17, 15) is 4.79 Å². The first-order valence-electron chi connectivity index (χ1n) is 7.47. The fourth-order valence-electron chi connectivity index (χ4n) is 2.90. The topological polar surface area (TPSA) is 51.0 Å². The SMILES string of the molecule is CC(C)c1c(C=O)nnn1-c1ccc(N2CCCC2)cc1. The van der Waals surface area contributed by atoms with E-state index in [1.807, 2.05) is 26.0 Å². The van der Waals surface area contributed by atoms with Crippen molar-refractivity contribution in [3.63, 3.8) is 0 Å². The molecule has 21 heavy (non-hydrogen) atoms. The van der Waals surface area contributed by atoms with Crippen LogP contribution in [0.5, 0.6) is 0 Å². The Morgan fingerprint density at radius 3 is 2.29 bits per heavy atom. The molecule has 1 aliphatic rings. The molecule has 0 radical (unpaired) electrons. The van der Waals surface area contributed by atoms with Crippen molar-refractivity contribution in [2.45, 2.75) is 32.6 Å². The van der Waals surface area contributed by atoms with E-state index in [1.54, 1.807) is 4.68 Å². The minimum atomic E-state index is 0.193. The van der Waals surface area contributed by atoms with E-state index in [2.05, 4.69) is 27.3 Å². The molecule has 0 N–H and O–H groups in total. The highest BCUT2D eigenvalue weighted by molar-refractivity contribution is 5.74. The van der Waals surface area contributed by atoms with Gasteiger partial charge in [0.05, 0.1) is 11.4 Å². The summed E-state index contributed by atoms with van der Waals surface area (Å²) in [5.74, 6) is 0.193. The molecule has 5 nitrogen and oxygen atoms in total. The third-order valence-electron chi connectivity index (χ3n) is 3.96. The summed E-state index contributed by atoms with van der Waals surface area (Å²) in [5.41, 5.74) is 3.48. The predicted octanol–water partition coefficient (Wildman–Crippen LogP) is 2.80. The molecule has 2 heterocycles. The van der Waals surface area contributed by atoms with Crippen LogP contribution in [0.15, 0.2) is 24.3 Å². The third kappa shape index (κ3) is 2.55. The van der Waals surface area contributed by atoms with Crippen molar-refractivity contribution in [2.75, 3.05) is 18.0 Å². The van der Waals surface area contributed by atoms with Gasteiger partial charge < -0.3 is 4.90 Å². The van der Waals surface area contributed by atoms with Crippen LogP contribution < -0.4 is 4.90 Å². The first-order chi connectivity index (χ1) is 10.2. The van der Waals surface area contributed by atoms with Gasteiger partial charge in [0.25, 0.3) is 0 Å². The van der Waals surface area contributed by atoms with E-state index in [0.29, 0.717) is 5.69 Å². The van der Waals surface area contributed by atoms with Gasteiger partial charge in [-0.2, -0.15) is 0 Å². The molecule has 1 aromatic carbocycles. The zero-order valence-corrected chi connectivity index (χ0v) is 12.5. The van der Waals surface area contributed by atoms with E-state index < -0.39 is 0 Å². The Balaban J connectivity index is 1.93. The standard InChI is InChI=1S/C16H20N4O/c1-12(2)16-15(11-21)17-18-20(16)14-7-5-13(6-8-14)19-9-3-4-10-19/h5-8,11-12H,3-4,9-10H2,1-2H3. The van der Waals surface area contributed by atoms with Crippen LogP contribution in [0.1, 0.15) is 48.8 Å². The van der Waals surface area contributed by atoms with Crippen LogP contribution >= 0.6 is 0 Å². The van der Waals surface area contributed by atoms with Gasteiger partial charge in [0, 0.05) is 18.8 Å². The minimum absolute atomic E-state index is 0.193. The lowest BCUT2D eigenvalue weighted by molar-refractivity contribution is 0.111. The minimum Gasteiger partial charge on any atom is -0.372 e. The Kier molecular flexibility index (Phi) is 3.73. The molecule has 3 rings (SSSR count). The number of carbonyl (C=O) groups excluding carboxylic acids is 1. The Morgan fingerprint density at radius 1 is 1.10 bits per heavy atom. The molecule has 2 aromatic rings. The third-order valence-corrected chi connectivity index (χ3v) is 3.96. The summed E-state index contributed by atoms with van der Waals surface area (Å²) >= 11 is 0. The van der Waals surface area contributed by atoms with Crippen molar-refractivity contribution < 1.29 is 4.79 Å². The molecule has 1 aliphatic heterocycles. The lowest BCUT2D eigenvalue weighted by atomic mass is 10.1. The van der Waals surface area contributed by atoms with Crippen LogP contribution in [0, 0.1) is 0 Å². The van der Waals surface area contributed by atoms with E-state index in [-0.39, 0.29) is 5.92 Å². The number of carbonyl (C=O) groups is 1. The second kappa shape index (κ2) is 5.68. The molecule has 1 aromatic heterocycles. The highest BCUT2D eigenvalue weighted by Crippen LogP contribution is 2.24. The number of rotatable bonds is 4. The fraction of sp³-hybridized carbons (Fsp3) is 0.438. The zero-order chi connectivity index (χ0) is 14.8. The summed E-state index contributed by atoms with van der Waals surface area (Å²) in [6, 6.07) is 8.33. The molecule has 0 atom stereocenters. The normalized spacial score (nSPS) is 14.9. The van der Waals surface area contributed by atoms with Crippen LogP contribution in [0.4, 0.5) is 5.69 Å². The van der Waals surface area contributed by atoms with Gasteiger partial charge in [-0.05, 0) is 43.0 Å². The molecular weight excluding hydrogens is 264 g/mol. The highest BCUT2D eigenvalue weighted by Gasteiger charge is 2.17. The second-order valence-electron chi connectivity index (χ2n) is 5.75. The van der Waals surface area contributed by atoms with Crippen molar-refractivity contribution >= 4 is 12.0 Å². The number of hydrogen-bond donors (Lipinski definition) is 0. The summed E-state index contributed by atoms with van der Waals surface area (Å²) in [6.45, 7) is 6.35. The van der Waals surface area contributed by atoms with E-state index in [0.717, 1.165) is 30.8 Å². The van der Waals surface area contributed by atoms with Gasteiger partial charge in [0.15, 0.2) is 6.29 Å². The quantitative estimate of drug-likeness (QED) is 0.810. The Morgan fingerprint density at radius 2 is 1.71 bits per heavy atom. The monoisotopic (exact) mass is 284 g/mol. The molecule has 5 heteroatoms. The summed E-state index contributed by atoms with van der Waals surface area (Å²) in [4.78, 5) is 13.5. The lowest BCUT2D eigenvalue weighted by Gasteiger charge is -2.18. The van der Waals surface area contributed by atoms with Crippen LogP contribution in [-0.4, -0.2) is 34.4 Å². The molecule has 1 fully saturated rings. The fourth-order valence-corrected chi connectivity index (χ4v) is 2.90. The smallest absolute Gasteiger partial charge is 0.172 e. The lowest BCUT2D eigenvalue weighted by Crippen LogP contribution is -2.17. The van der Waals surface area contributed by atoms with E-state index in [4.69, 9.17) is 0 Å². The molecule has 0 aliphatic carbocycles. The molecule has 1 saturated heterocycles. The number of aromatic nitrogens is 3. The van der Waals surface area contributed by atoms with Crippen LogP contribution in [-0.2, 0) is 0 Å². The summed E-state index contributed by atoms with van der Waals surface area (Å²) in [5, 5.41) is 8.09. The van der Waals surface area contributed by atoms with Crippen molar-refractivity contribution in [1.29, 1.82) is 0 Å². The Labute approximate surface area is 124 Å². The van der Waals surface area contributed by atoms with Crippen molar-refractivity contribution in [2.24, 2.45) is 0 Å². The average Bonchev–Trinajstić information content (AvgIpc) is 3.16. The van der Waals surface area contributed by atoms with E-state index >= 15 is 0 Å². The van der Waals surface area contributed by atoms with Crippen molar-refractivity contribution in [3.05, 3.63) is 35.7 Å². The molecule has 0 unspecified atom stereocenters. The van der Waals surface area contributed by atoms with Gasteiger partial charge in [-0.3, -0.25) is 4.79 Å². The maximum Gasteiger partial charge on any atom is 0.172 e. The number of anilines is 1. The van der Waals surface area contributed by atoms with Gasteiger partial charge in [-0.1, -0.05) is 19.1 Å². The molecule has 0 bridgehead atoms. The van der Waals surface area contributed by atoms with Crippen LogP contribution in [0.2, 0.25) is 0 Å². The summed E-state index contributed by atoms with van der Waals surface area (Å²) in [6.07, 6.45) is 3.31. The molecule has 0 amide bonds. The van der Waals surface area contributed by atoms with Gasteiger partial charge in [-0.25, -0.2) is 4.68 Å². The van der Waals surface area contributed by atoms with Gasteiger partial charge >= 0.3 is 0 Å². The van der Waals surface area contributed by atoms with Gasteiger partial charge in [0.1, 0.15) is 5.69 Å². The highest BCUT2D eigenvalue weighted by atomic mass is 16.1. The first-order valence-corrected chi connectivity index (χ1v) is 7.47. The van der Waals surface area contributed by atoms with Crippen molar-refractivity contribution in [3.8, 4) is 5.69 Å². The zero-order valence-electron chi connectivity index (χ0n) is 12.5. The van der Waals surface area contributed by atoms with E-state index in [1.165, 1.54) is 18.5 Å². The summed E-state index contributed by atoms with van der Waals surface area (Å²) in [7, 11) is 0. The van der Waals surface area contributed by atoms with Crippen molar-refractivity contribution in [1.82, 2.24) is 15.0 Å². The van der Waals surface area contributed by atoms with Gasteiger partial charge in [0.2, 0.25) is 0 Å². The number of aldehydes is 1. The second-order valence-corrected chi connectivity index (χ2v) is 5.75. The Hall–Kier alpha value is -2.17. The predicted molar refractivity (Wildman–Crippen MR) is 82.3 cm³/mol. The molecule has 0 spiro atoms. The van der Waals surface area contributed by atoms with Gasteiger partial charge in [-0.15, -0.1) is 5.10 Å². The molecule has 0 saturated carbocycles. The molecule has 110 valence electrons. The average molecular weight is 284 g/mol. The maximum absolute atomic E-state index is 11.1. The van der Waals surface area contributed by atoms with Crippen LogP contribution in [0.3, 0.4) is 0 Å². The number of nitrogens with zero attached hydrogens (tertiary/aromatic N) is 4. The Bertz CT molecular complexity index is 624. The van der Waals surface area contributed by atoms with Crippen LogP contribution in [0.25, 0.3) is 5.69 Å². The maximum atomic E-state index is 11.1. The summed E-state index contributed by atoms with van der Waals surface area (Å²) < 4.78 is 1.77. The first kappa shape index (κ1) is 13.8. The molecular formula is C16H20N4O. The largest absolute Gasteiger partial charge is 0.372 e. The number of benzene rings is 1.